The molecule has 4 aromatic rings. The molecule has 0 bridgehead atoms. The standard InChI is InChI=1S/C28H26FN3O5/c1-4-20-22(13-18-7-5-6-8-21(18)17-9-11-19(29)12-10-17)32-14-16(2)31-28(37-15-23(33)36-3)25(32)24(20)26(34)27(30)35/h5-12,14H,4,13,15H2,1-3H3,(H2,30,35). The number of aromatic nitrogens is 2. The molecule has 8 nitrogen and oxygen atoms in total. The molecule has 2 heterocycles. The zero-order valence-electron chi connectivity index (χ0n) is 20.7. The fraction of sp³-hybridized carbons (Fsp3) is 0.214. The lowest BCUT2D eigenvalue weighted by Gasteiger charge is -2.13. The van der Waals surface area contributed by atoms with Crippen molar-refractivity contribution in [3.05, 3.63) is 88.6 Å². The third-order valence-corrected chi connectivity index (χ3v) is 6.10. The Morgan fingerprint density at radius 1 is 1.08 bits per heavy atom. The van der Waals surface area contributed by atoms with E-state index in [0.717, 1.165) is 22.4 Å². The lowest BCUT2D eigenvalue weighted by molar-refractivity contribution is -0.143. The highest BCUT2D eigenvalue weighted by atomic mass is 19.1. The van der Waals surface area contributed by atoms with Gasteiger partial charge in [0.05, 0.1) is 18.4 Å². The van der Waals surface area contributed by atoms with E-state index in [2.05, 4.69) is 9.72 Å². The van der Waals surface area contributed by atoms with E-state index in [1.54, 1.807) is 29.7 Å². The largest absolute Gasteiger partial charge is 0.466 e. The van der Waals surface area contributed by atoms with Crippen molar-refractivity contribution >= 4 is 23.2 Å². The number of esters is 1. The summed E-state index contributed by atoms with van der Waals surface area (Å²) in [6.07, 6.45) is 2.54. The Bertz CT molecular complexity index is 1510. The SMILES string of the molecule is CCc1c(C(=O)C(N)=O)c2c(OCC(=O)OC)nc(C)cn2c1Cc1ccccc1-c1ccc(F)cc1. The maximum absolute atomic E-state index is 13.6. The molecule has 0 atom stereocenters. The fourth-order valence-corrected chi connectivity index (χ4v) is 4.46. The minimum atomic E-state index is -1.11. The zero-order valence-corrected chi connectivity index (χ0v) is 20.7. The van der Waals surface area contributed by atoms with Gasteiger partial charge in [0.15, 0.2) is 6.61 Å². The van der Waals surface area contributed by atoms with E-state index in [4.69, 9.17) is 10.5 Å². The third-order valence-electron chi connectivity index (χ3n) is 6.10. The van der Waals surface area contributed by atoms with Gasteiger partial charge in [-0.2, -0.15) is 0 Å². The number of nitrogens with two attached hydrogens (primary N) is 1. The number of ketones is 1. The zero-order chi connectivity index (χ0) is 26.7. The molecule has 2 N–H and O–H groups in total. The highest BCUT2D eigenvalue weighted by molar-refractivity contribution is 6.44. The van der Waals surface area contributed by atoms with Crippen molar-refractivity contribution in [2.75, 3.05) is 13.7 Å². The van der Waals surface area contributed by atoms with Crippen molar-refractivity contribution in [1.29, 1.82) is 0 Å². The molecule has 0 saturated carbocycles. The number of carbonyl (C=O) groups excluding carboxylic acids is 3. The number of hydrogen-bond acceptors (Lipinski definition) is 6. The highest BCUT2D eigenvalue weighted by Gasteiger charge is 2.29. The van der Waals surface area contributed by atoms with Crippen LogP contribution in [-0.2, 0) is 27.2 Å². The van der Waals surface area contributed by atoms with Gasteiger partial charge >= 0.3 is 5.97 Å². The Morgan fingerprint density at radius 3 is 2.43 bits per heavy atom. The van der Waals surface area contributed by atoms with Gasteiger partial charge in [0.1, 0.15) is 11.3 Å². The summed E-state index contributed by atoms with van der Waals surface area (Å²) in [6.45, 7) is 3.20. The van der Waals surface area contributed by atoms with Crippen LogP contribution in [0.15, 0.2) is 54.7 Å². The first-order chi connectivity index (χ1) is 17.7. The number of nitrogens with zero attached hydrogens (tertiary/aromatic N) is 2. The number of carbonyl (C=O) groups is 3. The number of benzene rings is 2. The van der Waals surface area contributed by atoms with Crippen LogP contribution in [0, 0.1) is 12.7 Å². The number of amides is 1. The monoisotopic (exact) mass is 503 g/mol. The van der Waals surface area contributed by atoms with E-state index in [1.807, 2.05) is 31.2 Å². The van der Waals surface area contributed by atoms with Gasteiger partial charge in [-0.3, -0.25) is 9.59 Å². The van der Waals surface area contributed by atoms with Gasteiger partial charge < -0.3 is 19.6 Å². The minimum Gasteiger partial charge on any atom is -0.466 e. The number of rotatable bonds is 9. The quantitative estimate of drug-likeness (QED) is 0.211. The number of aryl methyl sites for hydroxylation is 1. The summed E-state index contributed by atoms with van der Waals surface area (Å²) in [6, 6.07) is 13.9. The summed E-state index contributed by atoms with van der Waals surface area (Å²) in [7, 11) is 1.23. The smallest absolute Gasteiger partial charge is 0.343 e. The average Bonchev–Trinajstić information content (AvgIpc) is 3.20. The summed E-state index contributed by atoms with van der Waals surface area (Å²) in [5.74, 6) is -2.92. The van der Waals surface area contributed by atoms with Crippen LogP contribution in [0.25, 0.3) is 16.6 Å². The highest BCUT2D eigenvalue weighted by Crippen LogP contribution is 2.34. The molecule has 1 amide bonds. The third kappa shape index (κ3) is 5.06. The molecule has 0 aliphatic heterocycles. The molecular formula is C28H26FN3O5. The van der Waals surface area contributed by atoms with Crippen molar-refractivity contribution in [3.8, 4) is 17.0 Å². The molecule has 4 rings (SSSR count). The number of ether oxygens (including phenoxy) is 2. The lowest BCUT2D eigenvalue weighted by Crippen LogP contribution is -2.24. The molecule has 0 unspecified atom stereocenters. The Morgan fingerprint density at radius 2 is 1.78 bits per heavy atom. The van der Waals surface area contributed by atoms with Gasteiger partial charge in [-0.15, -0.1) is 0 Å². The number of methoxy groups -OCH3 is 1. The minimum absolute atomic E-state index is 0.0165. The summed E-state index contributed by atoms with van der Waals surface area (Å²) in [5, 5.41) is 0. The van der Waals surface area contributed by atoms with Crippen LogP contribution in [-0.4, -0.2) is 40.8 Å². The average molecular weight is 504 g/mol. The van der Waals surface area contributed by atoms with Crippen LogP contribution in [0.1, 0.15) is 39.8 Å². The second-order valence-corrected chi connectivity index (χ2v) is 8.46. The molecule has 0 saturated heterocycles. The summed E-state index contributed by atoms with van der Waals surface area (Å²) in [4.78, 5) is 41.2. The van der Waals surface area contributed by atoms with E-state index < -0.39 is 24.3 Å². The topological polar surface area (TPSA) is 113 Å². The Kier molecular flexibility index (Phi) is 7.33. The molecule has 0 fully saturated rings. The maximum Gasteiger partial charge on any atom is 0.343 e. The molecule has 0 aliphatic carbocycles. The molecule has 2 aromatic heterocycles. The van der Waals surface area contributed by atoms with Gasteiger partial charge in [0, 0.05) is 18.3 Å². The molecule has 2 aromatic carbocycles. The lowest BCUT2D eigenvalue weighted by atomic mass is 9.94. The summed E-state index contributed by atoms with van der Waals surface area (Å²) in [5.41, 5.74) is 10.3. The maximum atomic E-state index is 13.6. The first-order valence-electron chi connectivity index (χ1n) is 11.7. The van der Waals surface area contributed by atoms with E-state index in [1.165, 1.54) is 19.2 Å². The molecule has 0 radical (unpaired) electrons. The van der Waals surface area contributed by atoms with Gasteiger partial charge in [-0.1, -0.05) is 43.3 Å². The molecule has 0 aliphatic rings. The predicted molar refractivity (Wildman–Crippen MR) is 135 cm³/mol. The first kappa shape index (κ1) is 25.6. The van der Waals surface area contributed by atoms with Crippen LogP contribution in [0.4, 0.5) is 4.39 Å². The Hall–Kier alpha value is -4.53. The summed E-state index contributed by atoms with van der Waals surface area (Å²) >= 11 is 0. The van der Waals surface area contributed by atoms with Crippen molar-refractivity contribution in [3.63, 3.8) is 0 Å². The summed E-state index contributed by atoms with van der Waals surface area (Å²) < 4.78 is 25.6. The second-order valence-electron chi connectivity index (χ2n) is 8.46. The number of hydrogen-bond donors (Lipinski definition) is 1. The first-order valence-corrected chi connectivity index (χ1v) is 11.7. The fourth-order valence-electron chi connectivity index (χ4n) is 4.46. The van der Waals surface area contributed by atoms with Crippen molar-refractivity contribution in [2.45, 2.75) is 26.7 Å². The number of fused-ring (bicyclic) bond motifs is 1. The normalized spacial score (nSPS) is 10.9. The number of halogens is 1. The number of Topliss-reactive ketones (excluding diaryl/α,β-unsaturated/α-hetero) is 1. The van der Waals surface area contributed by atoms with Gasteiger partial charge in [0.2, 0.25) is 5.88 Å². The van der Waals surface area contributed by atoms with E-state index in [0.29, 0.717) is 24.1 Å². The Labute approximate surface area is 212 Å². The van der Waals surface area contributed by atoms with Crippen molar-refractivity contribution in [1.82, 2.24) is 9.38 Å². The van der Waals surface area contributed by atoms with Crippen LogP contribution in [0.2, 0.25) is 0 Å². The van der Waals surface area contributed by atoms with Crippen LogP contribution in [0.3, 0.4) is 0 Å². The van der Waals surface area contributed by atoms with Gasteiger partial charge in [-0.05, 0) is 47.7 Å². The molecular weight excluding hydrogens is 477 g/mol. The Balaban J connectivity index is 1.95. The molecule has 37 heavy (non-hydrogen) atoms. The van der Waals surface area contributed by atoms with Crippen LogP contribution in [0.5, 0.6) is 5.88 Å². The van der Waals surface area contributed by atoms with Crippen LogP contribution < -0.4 is 10.5 Å². The van der Waals surface area contributed by atoms with Gasteiger partial charge in [-0.25, -0.2) is 14.2 Å². The van der Waals surface area contributed by atoms with Crippen molar-refractivity contribution in [2.24, 2.45) is 5.73 Å². The molecule has 0 spiro atoms. The van der Waals surface area contributed by atoms with Gasteiger partial charge in [0.25, 0.3) is 11.7 Å². The predicted octanol–water partition coefficient (Wildman–Crippen LogP) is 3.82. The second kappa shape index (κ2) is 10.6. The van der Waals surface area contributed by atoms with Crippen LogP contribution >= 0.6 is 0 Å². The van der Waals surface area contributed by atoms with E-state index >= 15 is 0 Å². The molecule has 190 valence electrons. The molecule has 9 heteroatoms. The van der Waals surface area contributed by atoms with E-state index in [9.17, 15) is 18.8 Å². The number of primary amides is 1. The van der Waals surface area contributed by atoms with E-state index in [-0.39, 0.29) is 22.8 Å². The van der Waals surface area contributed by atoms with Crippen molar-refractivity contribution < 1.29 is 28.2 Å².